The van der Waals surface area contributed by atoms with Gasteiger partial charge in [0.25, 0.3) is 0 Å². The molecule has 0 bridgehead atoms. The Hall–Kier alpha value is -2.30. The van der Waals surface area contributed by atoms with Crippen molar-refractivity contribution >= 4 is 17.8 Å². The summed E-state index contributed by atoms with van der Waals surface area (Å²) >= 11 is 0. The molecule has 1 N–H and O–H groups in total. The number of rotatable bonds is 5. The summed E-state index contributed by atoms with van der Waals surface area (Å²) in [5.74, 6) is 0.148. The Morgan fingerprint density at radius 2 is 2.00 bits per heavy atom. The van der Waals surface area contributed by atoms with Gasteiger partial charge < -0.3 is 14.6 Å². The number of carboxylic acids is 1. The van der Waals surface area contributed by atoms with E-state index in [1.807, 2.05) is 0 Å². The Morgan fingerprint density at radius 3 is 2.78 bits per heavy atom. The smallest absolute Gasteiger partial charge is 0.303 e. The van der Waals surface area contributed by atoms with Crippen molar-refractivity contribution < 1.29 is 24.2 Å². The lowest BCUT2D eigenvalue weighted by molar-refractivity contribution is -0.138. The van der Waals surface area contributed by atoms with Gasteiger partial charge in [-0.05, 0) is 23.8 Å². The van der Waals surface area contributed by atoms with Gasteiger partial charge in [-0.3, -0.25) is 9.59 Å². The molecular formula is C13H12O5. The molecule has 0 spiro atoms. The van der Waals surface area contributed by atoms with Crippen LogP contribution in [0.1, 0.15) is 18.4 Å². The third-order valence-electron chi connectivity index (χ3n) is 2.44. The Morgan fingerprint density at radius 1 is 1.22 bits per heavy atom. The zero-order valence-corrected chi connectivity index (χ0v) is 9.59. The monoisotopic (exact) mass is 248 g/mol. The lowest BCUT2D eigenvalue weighted by atomic mass is 10.1. The maximum absolute atomic E-state index is 11.3. The van der Waals surface area contributed by atoms with Gasteiger partial charge in [-0.1, -0.05) is 12.1 Å². The first kappa shape index (κ1) is 12.2. The van der Waals surface area contributed by atoms with E-state index >= 15 is 0 Å². The second-order valence-electron chi connectivity index (χ2n) is 3.81. The lowest BCUT2D eigenvalue weighted by Crippen LogP contribution is -1.99. The molecule has 2 rings (SSSR count). The van der Waals surface area contributed by atoms with Gasteiger partial charge in [-0.2, -0.15) is 0 Å². The molecule has 0 saturated heterocycles. The molecule has 0 fully saturated rings. The van der Waals surface area contributed by atoms with Crippen LogP contribution < -0.4 is 9.47 Å². The summed E-state index contributed by atoms with van der Waals surface area (Å²) in [5, 5.41) is 8.45. The van der Waals surface area contributed by atoms with E-state index in [1.165, 1.54) is 6.08 Å². The van der Waals surface area contributed by atoms with Gasteiger partial charge in [0.1, 0.15) is 0 Å². The van der Waals surface area contributed by atoms with Gasteiger partial charge in [0, 0.05) is 6.42 Å². The summed E-state index contributed by atoms with van der Waals surface area (Å²) < 4.78 is 10.4. The topological polar surface area (TPSA) is 72.8 Å². The SMILES string of the molecule is O=C(O)CCC(=O)/C=C\c1ccc2c(c1)OCO2. The van der Waals surface area contributed by atoms with E-state index in [-0.39, 0.29) is 25.4 Å². The number of ketones is 1. The molecule has 0 atom stereocenters. The first-order chi connectivity index (χ1) is 8.65. The van der Waals surface area contributed by atoms with E-state index in [0.29, 0.717) is 11.5 Å². The molecule has 1 aromatic carbocycles. The van der Waals surface area contributed by atoms with Gasteiger partial charge in [0.2, 0.25) is 6.79 Å². The van der Waals surface area contributed by atoms with Crippen LogP contribution in [0.15, 0.2) is 24.3 Å². The quantitative estimate of drug-likeness (QED) is 0.805. The maximum atomic E-state index is 11.3. The van der Waals surface area contributed by atoms with Crippen LogP contribution in [0.25, 0.3) is 6.08 Å². The molecule has 1 aromatic rings. The number of carbonyl (C=O) groups excluding carboxylic acids is 1. The molecule has 1 aliphatic rings. The van der Waals surface area contributed by atoms with Gasteiger partial charge >= 0.3 is 5.97 Å². The molecule has 5 heteroatoms. The number of carboxylic acid groups (broad SMARTS) is 1. The average molecular weight is 248 g/mol. The van der Waals surface area contributed by atoms with Crippen molar-refractivity contribution in [1.82, 2.24) is 0 Å². The molecule has 1 aliphatic heterocycles. The minimum Gasteiger partial charge on any atom is -0.481 e. The highest BCUT2D eigenvalue weighted by Crippen LogP contribution is 2.32. The van der Waals surface area contributed by atoms with Crippen LogP contribution >= 0.6 is 0 Å². The highest BCUT2D eigenvalue weighted by Gasteiger charge is 2.12. The Kier molecular flexibility index (Phi) is 3.62. The minimum absolute atomic E-state index is 0.0103. The van der Waals surface area contributed by atoms with Crippen LogP contribution in [-0.4, -0.2) is 23.7 Å². The van der Waals surface area contributed by atoms with E-state index in [1.54, 1.807) is 24.3 Å². The zero-order valence-electron chi connectivity index (χ0n) is 9.59. The number of hydrogen-bond donors (Lipinski definition) is 1. The van der Waals surface area contributed by atoms with E-state index < -0.39 is 5.97 Å². The normalized spacial score (nSPS) is 12.9. The van der Waals surface area contributed by atoms with E-state index in [4.69, 9.17) is 14.6 Å². The summed E-state index contributed by atoms with van der Waals surface area (Å²) in [6.45, 7) is 0.208. The van der Waals surface area contributed by atoms with Gasteiger partial charge in [-0.15, -0.1) is 0 Å². The van der Waals surface area contributed by atoms with E-state index in [2.05, 4.69) is 0 Å². The Balaban J connectivity index is 1.96. The van der Waals surface area contributed by atoms with Crippen LogP contribution in [0.2, 0.25) is 0 Å². The third kappa shape index (κ3) is 3.10. The number of allylic oxidation sites excluding steroid dienone is 1. The summed E-state index contributed by atoms with van der Waals surface area (Å²) in [7, 11) is 0. The standard InChI is InChI=1S/C13H12O5/c14-10(4-6-13(15)16)3-1-9-2-5-11-12(7-9)18-8-17-11/h1-3,5,7H,4,6,8H2,(H,15,16)/b3-1-. The van der Waals surface area contributed by atoms with E-state index in [0.717, 1.165) is 5.56 Å². The highest BCUT2D eigenvalue weighted by atomic mass is 16.7. The molecule has 0 unspecified atom stereocenters. The molecule has 0 saturated carbocycles. The number of aliphatic carboxylic acids is 1. The Bertz CT molecular complexity index is 504. The number of hydrogen-bond acceptors (Lipinski definition) is 4. The van der Waals surface area contributed by atoms with Crippen molar-refractivity contribution in [2.75, 3.05) is 6.79 Å². The van der Waals surface area contributed by atoms with Gasteiger partial charge in [-0.25, -0.2) is 0 Å². The summed E-state index contributed by atoms with van der Waals surface area (Å²) in [6.07, 6.45) is 2.87. The first-order valence-corrected chi connectivity index (χ1v) is 5.47. The first-order valence-electron chi connectivity index (χ1n) is 5.47. The fourth-order valence-corrected chi connectivity index (χ4v) is 1.52. The number of fused-ring (bicyclic) bond motifs is 1. The van der Waals surface area contributed by atoms with Gasteiger partial charge in [0.15, 0.2) is 17.3 Å². The summed E-state index contributed by atoms with van der Waals surface area (Å²) in [6, 6.07) is 5.33. The van der Waals surface area contributed by atoms with Crippen LogP contribution in [0.5, 0.6) is 11.5 Å². The Labute approximate surface area is 104 Å². The maximum Gasteiger partial charge on any atom is 0.303 e. The van der Waals surface area contributed by atoms with Gasteiger partial charge in [0.05, 0.1) is 6.42 Å². The molecule has 0 aromatic heterocycles. The number of carbonyl (C=O) groups is 2. The minimum atomic E-state index is -0.972. The molecule has 0 aliphatic carbocycles. The van der Waals surface area contributed by atoms with Crippen molar-refractivity contribution in [2.24, 2.45) is 0 Å². The van der Waals surface area contributed by atoms with Crippen molar-refractivity contribution in [3.63, 3.8) is 0 Å². The summed E-state index contributed by atoms with van der Waals surface area (Å²) in [4.78, 5) is 21.6. The molecular weight excluding hydrogens is 236 g/mol. The average Bonchev–Trinajstić information content (AvgIpc) is 2.81. The van der Waals surface area contributed by atoms with Crippen molar-refractivity contribution in [1.29, 1.82) is 0 Å². The molecule has 18 heavy (non-hydrogen) atoms. The largest absolute Gasteiger partial charge is 0.481 e. The highest BCUT2D eigenvalue weighted by molar-refractivity contribution is 5.95. The second-order valence-corrected chi connectivity index (χ2v) is 3.81. The van der Waals surface area contributed by atoms with Crippen LogP contribution in [0, 0.1) is 0 Å². The molecule has 0 amide bonds. The predicted octanol–water partition coefficient (Wildman–Crippen LogP) is 1.86. The molecule has 94 valence electrons. The van der Waals surface area contributed by atoms with Crippen molar-refractivity contribution in [2.45, 2.75) is 12.8 Å². The lowest BCUT2D eigenvalue weighted by Gasteiger charge is -1.97. The third-order valence-corrected chi connectivity index (χ3v) is 2.44. The van der Waals surface area contributed by atoms with Crippen molar-refractivity contribution in [3.05, 3.63) is 29.8 Å². The molecule has 1 heterocycles. The zero-order chi connectivity index (χ0) is 13.0. The number of ether oxygens (including phenoxy) is 2. The van der Waals surface area contributed by atoms with Crippen LogP contribution in [-0.2, 0) is 9.59 Å². The summed E-state index contributed by atoms with van der Waals surface area (Å²) in [5.41, 5.74) is 0.808. The molecule has 5 nitrogen and oxygen atoms in total. The second kappa shape index (κ2) is 5.35. The predicted molar refractivity (Wildman–Crippen MR) is 63.5 cm³/mol. The van der Waals surface area contributed by atoms with Crippen molar-refractivity contribution in [3.8, 4) is 11.5 Å². The van der Waals surface area contributed by atoms with Crippen LogP contribution in [0.4, 0.5) is 0 Å². The molecule has 0 radical (unpaired) electrons. The van der Waals surface area contributed by atoms with Crippen LogP contribution in [0.3, 0.4) is 0 Å². The fraction of sp³-hybridized carbons (Fsp3) is 0.231. The van der Waals surface area contributed by atoms with E-state index in [9.17, 15) is 9.59 Å². The number of benzene rings is 1. The fourth-order valence-electron chi connectivity index (χ4n) is 1.52.